The first kappa shape index (κ1) is 14.4. The van der Waals surface area contributed by atoms with Crippen LogP contribution >= 0.6 is 0 Å². The summed E-state index contributed by atoms with van der Waals surface area (Å²) < 4.78 is 5.65. The Morgan fingerprint density at radius 3 is 2.43 bits per heavy atom. The van der Waals surface area contributed by atoms with Crippen LogP contribution in [0.4, 0.5) is 4.79 Å². The molecule has 2 saturated heterocycles. The van der Waals surface area contributed by atoms with Crippen LogP contribution in [0.1, 0.15) is 30.2 Å². The van der Waals surface area contributed by atoms with Crippen LogP contribution in [0.2, 0.25) is 0 Å². The van der Waals surface area contributed by atoms with Crippen molar-refractivity contribution in [1.29, 1.82) is 0 Å². The zero-order chi connectivity index (χ0) is 15.0. The van der Waals surface area contributed by atoms with Crippen molar-refractivity contribution in [2.75, 3.05) is 33.2 Å². The number of likely N-dealkylation sites (tertiary alicyclic amines) is 1. The van der Waals surface area contributed by atoms with Crippen LogP contribution in [0.3, 0.4) is 0 Å². The van der Waals surface area contributed by atoms with Crippen LogP contribution in [0.5, 0.6) is 0 Å². The van der Waals surface area contributed by atoms with Gasteiger partial charge in [0.25, 0.3) is 0 Å². The lowest BCUT2D eigenvalue weighted by Gasteiger charge is -2.35. The lowest BCUT2D eigenvalue weighted by Crippen LogP contribution is -2.46. The fourth-order valence-corrected chi connectivity index (χ4v) is 3.19. The third-order valence-electron chi connectivity index (χ3n) is 4.68. The number of oxazole rings is 1. The van der Waals surface area contributed by atoms with Gasteiger partial charge in [-0.1, -0.05) is 0 Å². The maximum atomic E-state index is 12.0. The second-order valence-corrected chi connectivity index (χ2v) is 6.15. The molecule has 2 aliphatic rings. The van der Waals surface area contributed by atoms with E-state index in [0.717, 1.165) is 62.9 Å². The molecular weight excluding hydrogens is 268 g/mol. The molecule has 0 bridgehead atoms. The Balaban J connectivity index is 1.52. The van der Waals surface area contributed by atoms with Gasteiger partial charge in [0.15, 0.2) is 0 Å². The highest BCUT2D eigenvalue weighted by Crippen LogP contribution is 2.22. The van der Waals surface area contributed by atoms with Crippen molar-refractivity contribution < 1.29 is 9.21 Å². The Morgan fingerprint density at radius 2 is 1.90 bits per heavy atom. The first-order valence-electron chi connectivity index (χ1n) is 7.71. The fourth-order valence-electron chi connectivity index (χ4n) is 3.19. The molecule has 2 amide bonds. The molecule has 2 aliphatic heterocycles. The number of carbonyl (C=O) groups excluding carboxylic acids is 1. The van der Waals surface area contributed by atoms with E-state index in [4.69, 9.17) is 4.42 Å². The Bertz CT molecular complexity index is 500. The molecule has 3 rings (SSSR count). The number of likely N-dealkylation sites (N-methyl/N-ethyl adjacent to an activating group) is 1. The van der Waals surface area contributed by atoms with Gasteiger partial charge < -0.3 is 14.2 Å². The quantitative estimate of drug-likeness (QED) is 0.849. The molecule has 2 fully saturated rings. The number of nitrogens with zero attached hydrogens (tertiary/aromatic N) is 4. The monoisotopic (exact) mass is 292 g/mol. The molecule has 0 aromatic carbocycles. The summed E-state index contributed by atoms with van der Waals surface area (Å²) in [6, 6.07) is 0.583. The van der Waals surface area contributed by atoms with Crippen molar-refractivity contribution in [3.05, 3.63) is 17.3 Å². The van der Waals surface area contributed by atoms with E-state index in [-0.39, 0.29) is 6.03 Å². The molecule has 0 atom stereocenters. The fraction of sp³-hybridized carbons (Fsp3) is 0.733. The molecule has 1 aromatic rings. The highest BCUT2D eigenvalue weighted by Gasteiger charge is 2.33. The topological polar surface area (TPSA) is 52.8 Å². The van der Waals surface area contributed by atoms with Crippen LogP contribution in [-0.4, -0.2) is 65.0 Å². The summed E-state index contributed by atoms with van der Waals surface area (Å²) in [6.45, 7) is 8.43. The summed E-state index contributed by atoms with van der Waals surface area (Å²) in [6.07, 6.45) is 2.08. The van der Waals surface area contributed by atoms with E-state index >= 15 is 0 Å². The third kappa shape index (κ3) is 2.90. The Morgan fingerprint density at radius 1 is 1.19 bits per heavy atom. The summed E-state index contributed by atoms with van der Waals surface area (Å²) in [7, 11) is 1.88. The molecule has 116 valence electrons. The van der Waals surface area contributed by atoms with Crippen LogP contribution in [0.25, 0.3) is 0 Å². The van der Waals surface area contributed by atoms with Crippen molar-refractivity contribution >= 4 is 6.03 Å². The highest BCUT2D eigenvalue weighted by atomic mass is 16.4. The molecule has 3 heterocycles. The Labute approximate surface area is 125 Å². The van der Waals surface area contributed by atoms with E-state index in [0.29, 0.717) is 6.04 Å². The predicted octanol–water partition coefficient (Wildman–Crippen LogP) is 1.62. The standard InChI is InChI=1S/C15H24N4O2/c1-11-12(2)21-14(16-11)10-18-6-4-13(5-7-18)19-9-8-17(3)15(19)20/h13H,4-10H2,1-3H3. The van der Waals surface area contributed by atoms with E-state index < -0.39 is 0 Å². The summed E-state index contributed by atoms with van der Waals surface area (Å²) >= 11 is 0. The lowest BCUT2D eigenvalue weighted by molar-refractivity contribution is 0.122. The van der Waals surface area contributed by atoms with Gasteiger partial charge in [0.05, 0.1) is 12.2 Å². The minimum atomic E-state index is 0.187. The molecule has 1 aromatic heterocycles. The number of aromatic nitrogens is 1. The average molecular weight is 292 g/mol. The normalized spacial score (nSPS) is 21.6. The minimum absolute atomic E-state index is 0.187. The number of piperidine rings is 1. The van der Waals surface area contributed by atoms with Gasteiger partial charge in [-0.3, -0.25) is 4.90 Å². The molecule has 6 heteroatoms. The third-order valence-corrected chi connectivity index (χ3v) is 4.68. The number of amides is 2. The van der Waals surface area contributed by atoms with Crippen molar-refractivity contribution in [2.45, 2.75) is 39.3 Å². The predicted molar refractivity (Wildman–Crippen MR) is 79.0 cm³/mol. The van der Waals surface area contributed by atoms with Crippen molar-refractivity contribution in [3.63, 3.8) is 0 Å². The highest BCUT2D eigenvalue weighted by molar-refractivity contribution is 5.76. The van der Waals surface area contributed by atoms with Crippen LogP contribution < -0.4 is 0 Å². The second-order valence-electron chi connectivity index (χ2n) is 6.15. The van der Waals surface area contributed by atoms with E-state index in [1.165, 1.54) is 0 Å². The van der Waals surface area contributed by atoms with E-state index in [1.54, 1.807) is 0 Å². The molecule has 0 spiro atoms. The van der Waals surface area contributed by atoms with E-state index in [9.17, 15) is 4.79 Å². The van der Waals surface area contributed by atoms with Crippen molar-refractivity contribution in [2.24, 2.45) is 0 Å². The molecule has 0 unspecified atom stereocenters. The van der Waals surface area contributed by atoms with Crippen LogP contribution in [0, 0.1) is 13.8 Å². The molecule has 21 heavy (non-hydrogen) atoms. The first-order chi connectivity index (χ1) is 10.0. The average Bonchev–Trinajstić information content (AvgIpc) is 2.95. The number of hydrogen-bond acceptors (Lipinski definition) is 4. The number of aryl methyl sites for hydroxylation is 2. The lowest BCUT2D eigenvalue weighted by atomic mass is 10.0. The Kier molecular flexibility index (Phi) is 3.89. The molecule has 0 aliphatic carbocycles. The maximum Gasteiger partial charge on any atom is 0.320 e. The van der Waals surface area contributed by atoms with Crippen LogP contribution in [-0.2, 0) is 6.54 Å². The molecule has 0 saturated carbocycles. The van der Waals surface area contributed by atoms with Gasteiger partial charge in [0.2, 0.25) is 5.89 Å². The number of rotatable bonds is 3. The summed E-state index contributed by atoms with van der Waals surface area (Å²) in [5.41, 5.74) is 0.977. The van der Waals surface area contributed by atoms with Gasteiger partial charge >= 0.3 is 6.03 Å². The Hall–Kier alpha value is -1.56. The van der Waals surface area contributed by atoms with Crippen molar-refractivity contribution in [1.82, 2.24) is 19.7 Å². The number of urea groups is 1. The zero-order valence-corrected chi connectivity index (χ0v) is 13.1. The molecule has 0 N–H and O–H groups in total. The molecular formula is C15H24N4O2. The maximum absolute atomic E-state index is 12.0. The van der Waals surface area contributed by atoms with E-state index in [2.05, 4.69) is 9.88 Å². The zero-order valence-electron chi connectivity index (χ0n) is 13.1. The van der Waals surface area contributed by atoms with Gasteiger partial charge in [-0.25, -0.2) is 9.78 Å². The van der Waals surface area contributed by atoms with Gasteiger partial charge in [0.1, 0.15) is 5.76 Å². The summed E-state index contributed by atoms with van der Waals surface area (Å²) in [4.78, 5) is 22.7. The largest absolute Gasteiger partial charge is 0.444 e. The first-order valence-corrected chi connectivity index (χ1v) is 7.71. The van der Waals surface area contributed by atoms with Crippen LogP contribution in [0.15, 0.2) is 4.42 Å². The SMILES string of the molecule is Cc1nc(CN2CCC(N3CCN(C)C3=O)CC2)oc1C. The number of carbonyl (C=O) groups is 1. The van der Waals surface area contributed by atoms with Crippen molar-refractivity contribution in [3.8, 4) is 0 Å². The van der Waals surface area contributed by atoms with Gasteiger partial charge in [-0.05, 0) is 26.7 Å². The second kappa shape index (κ2) is 5.67. The van der Waals surface area contributed by atoms with E-state index in [1.807, 2.05) is 30.7 Å². The minimum Gasteiger partial charge on any atom is -0.444 e. The summed E-state index contributed by atoms with van der Waals surface area (Å²) in [5.74, 6) is 1.71. The molecule has 6 nitrogen and oxygen atoms in total. The van der Waals surface area contributed by atoms with Gasteiger partial charge in [-0.2, -0.15) is 0 Å². The van der Waals surface area contributed by atoms with Gasteiger partial charge in [0, 0.05) is 39.3 Å². The smallest absolute Gasteiger partial charge is 0.320 e. The molecule has 0 radical (unpaired) electrons. The summed E-state index contributed by atoms with van der Waals surface area (Å²) in [5, 5.41) is 0. The number of hydrogen-bond donors (Lipinski definition) is 0. The van der Waals surface area contributed by atoms with Gasteiger partial charge in [-0.15, -0.1) is 0 Å².